The van der Waals surface area contributed by atoms with Crippen molar-refractivity contribution in [2.24, 2.45) is 0 Å². The summed E-state index contributed by atoms with van der Waals surface area (Å²) in [5, 5.41) is 20.3. The van der Waals surface area contributed by atoms with Crippen LogP contribution >= 0.6 is 23.5 Å². The summed E-state index contributed by atoms with van der Waals surface area (Å²) in [5.74, 6) is -0.299. The number of hydrogen-bond acceptors (Lipinski definition) is 17. The van der Waals surface area contributed by atoms with Crippen molar-refractivity contribution in [3.63, 3.8) is 0 Å². The molecule has 36 heavy (non-hydrogen) atoms. The fraction of sp³-hybridized carbons (Fsp3) is 0.500. The normalized spacial score (nSPS) is 24.8. The molecule has 1 aliphatic rings. The van der Waals surface area contributed by atoms with E-state index < -0.39 is 60.2 Å². The van der Waals surface area contributed by atoms with Crippen molar-refractivity contribution in [1.29, 1.82) is 0 Å². The number of nitrogens with one attached hydrogen (secondary N) is 1. The van der Waals surface area contributed by atoms with Crippen LogP contribution in [0.25, 0.3) is 11.2 Å². The predicted molar refractivity (Wildman–Crippen MR) is 89.4 cm³/mol. The quantitative estimate of drug-likeness (QED) is 0.159. The van der Waals surface area contributed by atoms with E-state index in [0.717, 1.165) is 10.9 Å². The van der Waals surface area contributed by atoms with E-state index in [1.165, 1.54) is 0 Å². The first-order valence-corrected chi connectivity index (χ1v) is 12.4. The minimum absolute atomic E-state index is 0. The minimum Gasteiger partial charge on any atom is -0.790 e. The van der Waals surface area contributed by atoms with Crippen molar-refractivity contribution < 1.29 is 180 Å². The summed E-state index contributed by atoms with van der Waals surface area (Å²) in [6, 6.07) is 0. The number of ether oxygens (including phenoxy) is 1. The second-order valence-corrected chi connectivity index (χ2v) is 10.4. The molecule has 2 unspecified atom stereocenters. The van der Waals surface area contributed by atoms with Gasteiger partial charge in [-0.3, -0.25) is 27.8 Å². The van der Waals surface area contributed by atoms with Crippen molar-refractivity contribution in [2.75, 3.05) is 12.3 Å². The first kappa shape index (κ1) is 40.6. The molecule has 19 nitrogen and oxygen atoms in total. The first-order valence-electron chi connectivity index (χ1n) is 8.04. The van der Waals surface area contributed by atoms with Crippen LogP contribution in [0.3, 0.4) is 0 Å². The molecule has 1 aliphatic heterocycles. The van der Waals surface area contributed by atoms with Gasteiger partial charge in [-0.15, -0.1) is 0 Å². The summed E-state index contributed by atoms with van der Waals surface area (Å²) in [4.78, 5) is 65.0. The van der Waals surface area contributed by atoms with E-state index in [0.29, 0.717) is 0 Å². The largest absolute Gasteiger partial charge is 1.00 e. The molecule has 2 aromatic rings. The Balaban J connectivity index is 0. The van der Waals surface area contributed by atoms with Crippen LogP contribution in [0.2, 0.25) is 0 Å². The van der Waals surface area contributed by atoms with E-state index in [2.05, 4.69) is 28.1 Å². The smallest absolute Gasteiger partial charge is 0.790 e. The second-order valence-electron chi connectivity index (χ2n) is 6.12. The zero-order valence-electron chi connectivity index (χ0n) is 19.1. The molecule has 0 radical (unpaired) electrons. The number of rotatable bonds is 8. The fourth-order valence-electron chi connectivity index (χ4n) is 2.67. The number of phosphoric ester groups is 1. The Morgan fingerprint density at radius 2 is 1.64 bits per heavy atom. The number of aliphatic hydroxyl groups is 2. The van der Waals surface area contributed by atoms with E-state index >= 15 is 0 Å². The number of nitrogens with two attached hydrogens (primary N) is 1. The van der Waals surface area contributed by atoms with Gasteiger partial charge in [-0.2, -0.15) is 4.98 Å². The zero-order valence-corrected chi connectivity index (χ0v) is 29.8. The van der Waals surface area contributed by atoms with Gasteiger partial charge in [0.1, 0.15) is 18.3 Å². The van der Waals surface area contributed by atoms with E-state index in [9.17, 15) is 48.3 Å². The van der Waals surface area contributed by atoms with E-state index in [4.69, 9.17) is 10.5 Å². The monoisotopic (exact) mass is 611 g/mol. The van der Waals surface area contributed by atoms with Gasteiger partial charge in [-0.1, -0.05) is 0 Å². The Morgan fingerprint density at radius 1 is 1.06 bits per heavy atom. The fourth-order valence-corrected chi connectivity index (χ4v) is 5.54. The van der Waals surface area contributed by atoms with E-state index in [1.807, 2.05) is 0 Å². The van der Waals surface area contributed by atoms with Gasteiger partial charge in [-0.05, 0) is 0 Å². The summed E-state index contributed by atoms with van der Waals surface area (Å²) in [6.45, 7) is -1.13. The third-order valence-electron chi connectivity index (χ3n) is 3.86. The van der Waals surface area contributed by atoms with Crippen LogP contribution in [-0.4, -0.2) is 54.7 Å². The average Bonchev–Trinajstić information content (AvgIpc) is 3.12. The Hall–Kier alpha value is 2.44. The van der Waals surface area contributed by atoms with Crippen LogP contribution in [0.15, 0.2) is 11.1 Å². The molecule has 26 heteroatoms. The molecule has 2 aromatic heterocycles. The number of imidazole rings is 1. The average molecular weight is 611 g/mol. The Bertz CT molecular complexity index is 1230. The molecule has 180 valence electrons. The molecule has 0 amide bonds. The number of hydrogen-bond donors (Lipinski definition) is 4. The predicted octanol–water partition coefficient (Wildman–Crippen LogP) is -16.8. The van der Waals surface area contributed by atoms with Crippen LogP contribution in [0.4, 0.5) is 5.95 Å². The van der Waals surface area contributed by atoms with Crippen LogP contribution < -0.4 is 149 Å². The summed E-state index contributed by atoms with van der Waals surface area (Å²) in [6.07, 6.45) is -5.61. The van der Waals surface area contributed by atoms with Gasteiger partial charge < -0.3 is 49.3 Å². The topological polar surface area (TPSA) is 310 Å². The third-order valence-corrected chi connectivity index (χ3v) is 7.52. The zero-order chi connectivity index (χ0) is 24.1. The molecule has 0 saturated carbocycles. The molecule has 0 spiro atoms. The molecule has 3 rings (SSSR count). The SMILES string of the molecule is Nc1nc2c(ncn2[C@@H]2O[C@H](COP(=O)([O-])OP(=O)([O-])OP(=O)([O-])[O-])[C@@H](O)[C@H]2O)c(=O)[nH]1.[Na+].[Na+].[Na+].[Na+]. The Kier molecular flexibility index (Phi) is 17.6. The summed E-state index contributed by atoms with van der Waals surface area (Å²) >= 11 is 0. The van der Waals surface area contributed by atoms with Crippen LogP contribution in [0, 0.1) is 0 Å². The molecular weight excluding hydrogens is 599 g/mol. The van der Waals surface area contributed by atoms with Gasteiger partial charge in [0, 0.05) is 0 Å². The number of phosphoric acid groups is 3. The molecule has 1 saturated heterocycles. The van der Waals surface area contributed by atoms with Gasteiger partial charge in [0.05, 0.1) is 20.8 Å². The number of nitrogens with zero attached hydrogens (tertiary/aromatic N) is 3. The Morgan fingerprint density at radius 3 is 2.19 bits per heavy atom. The standard InChI is InChI=1S/C10H16N5O14P3.4Na/c11-10-13-7-4(8(18)14-10)12-2-15(7)9-6(17)5(16)3(27-9)1-26-31(22,23)29-32(24,25)28-30(19,20)21;;;;/h2-3,5-6,9,16-17H,1H2,(H,22,23)(H,24,25)(H2,19,20,21)(H3,11,13,14,18);;;;/q;4*+1/p-4/t3-,5-,6-,9-;;;;/m1..../s1. The first-order chi connectivity index (χ1) is 14.6. The molecule has 0 aliphatic carbocycles. The third kappa shape index (κ3) is 10.7. The number of fused-ring (bicyclic) bond motifs is 1. The molecule has 3 heterocycles. The van der Waals surface area contributed by atoms with Gasteiger partial charge in [0.2, 0.25) is 5.95 Å². The number of aromatic nitrogens is 4. The van der Waals surface area contributed by atoms with Crippen molar-refractivity contribution >= 4 is 40.6 Å². The molecular formula is C10H12N5Na4O14P3. The van der Waals surface area contributed by atoms with Gasteiger partial charge in [0.15, 0.2) is 17.4 Å². The van der Waals surface area contributed by atoms with Gasteiger partial charge in [0.25, 0.3) is 21.2 Å². The molecule has 1 fully saturated rings. The second kappa shape index (κ2) is 15.6. The van der Waals surface area contributed by atoms with Gasteiger partial charge >= 0.3 is 118 Å². The maximum atomic E-state index is 11.8. The van der Waals surface area contributed by atoms with Crippen LogP contribution in [0.5, 0.6) is 0 Å². The van der Waals surface area contributed by atoms with E-state index in [-0.39, 0.29) is 135 Å². The van der Waals surface area contributed by atoms with E-state index in [1.54, 1.807) is 0 Å². The number of nitrogen functional groups attached to an aromatic ring is 1. The van der Waals surface area contributed by atoms with Crippen molar-refractivity contribution in [3.8, 4) is 0 Å². The Labute approximate surface area is 289 Å². The summed E-state index contributed by atoms with van der Waals surface area (Å²) in [7, 11) is -18.2. The maximum absolute atomic E-state index is 11.8. The van der Waals surface area contributed by atoms with Crippen molar-refractivity contribution in [2.45, 2.75) is 24.5 Å². The van der Waals surface area contributed by atoms with Gasteiger partial charge in [-0.25, -0.2) is 9.29 Å². The van der Waals surface area contributed by atoms with Crippen LogP contribution in [-0.2, 0) is 31.6 Å². The maximum Gasteiger partial charge on any atom is 1.00 e. The summed E-state index contributed by atoms with van der Waals surface area (Å²) < 4.78 is 50.0. The van der Waals surface area contributed by atoms with Crippen molar-refractivity contribution in [1.82, 2.24) is 19.5 Å². The molecule has 6 atom stereocenters. The summed E-state index contributed by atoms with van der Waals surface area (Å²) in [5.41, 5.74) is 4.40. The number of aliphatic hydroxyl groups excluding tert-OH is 2. The number of aromatic amines is 1. The molecule has 0 bridgehead atoms. The minimum atomic E-state index is -6.17. The number of H-pyrrole nitrogens is 1. The number of anilines is 1. The van der Waals surface area contributed by atoms with Crippen LogP contribution in [0.1, 0.15) is 6.23 Å². The molecule has 5 N–H and O–H groups in total. The van der Waals surface area contributed by atoms with Crippen molar-refractivity contribution in [3.05, 3.63) is 16.7 Å². The molecule has 0 aromatic carbocycles.